The number of phenols is 1. The predicted molar refractivity (Wildman–Crippen MR) is 111 cm³/mol. The van der Waals surface area contributed by atoms with Gasteiger partial charge in [0.2, 0.25) is 0 Å². The van der Waals surface area contributed by atoms with Crippen LogP contribution < -0.4 is 10.6 Å². The number of hydrogen-bond donors (Lipinski definition) is 3. The van der Waals surface area contributed by atoms with Crippen LogP contribution in [0.25, 0.3) is 16.7 Å². The number of carbonyl (C=O) groups is 1. The zero-order valence-electron chi connectivity index (χ0n) is 16.4. The largest absolute Gasteiger partial charge is 0.506 e. The first-order valence-electron chi connectivity index (χ1n) is 9.62. The Labute approximate surface area is 171 Å². The van der Waals surface area contributed by atoms with Crippen LogP contribution in [0.4, 0.5) is 10.1 Å². The van der Waals surface area contributed by atoms with Gasteiger partial charge in [-0.25, -0.2) is 14.4 Å². The summed E-state index contributed by atoms with van der Waals surface area (Å²) in [7, 11) is 0. The monoisotopic (exact) mass is 408 g/mol. The molecule has 154 valence electrons. The van der Waals surface area contributed by atoms with E-state index in [0.29, 0.717) is 5.69 Å². The minimum Gasteiger partial charge on any atom is -0.506 e. The number of amides is 1. The molecular formula is C21H21FN6O2. The van der Waals surface area contributed by atoms with Gasteiger partial charge in [-0.2, -0.15) is 0 Å². The predicted octanol–water partition coefficient (Wildman–Crippen LogP) is 3.05. The number of carbonyl (C=O) groups excluding carboxylic acids is 1. The first kappa shape index (κ1) is 19.7. The van der Waals surface area contributed by atoms with E-state index in [1.807, 2.05) is 0 Å². The molecule has 30 heavy (non-hydrogen) atoms. The molecular weight excluding hydrogens is 387 g/mol. The Morgan fingerprint density at radius 2 is 1.90 bits per heavy atom. The maximum absolute atomic E-state index is 14.1. The third kappa shape index (κ3) is 4.06. The minimum absolute atomic E-state index is 0.0685. The number of aromatic hydroxyl groups is 1. The van der Waals surface area contributed by atoms with Crippen LogP contribution in [0.1, 0.15) is 28.9 Å². The van der Waals surface area contributed by atoms with Crippen molar-refractivity contribution in [2.45, 2.75) is 19.8 Å². The standard InChI is InChI=1S/C17H12FN5O2.C4H9N/c1-9-7-23-8-10(6-12(18)16(23)21-9)22-17(25)11-2-3-13(24)15-14(11)19-4-5-20-15;1-2-4-5-3-1/h2-8,24H,1H3,(H,22,25);5H,1-4H2. The molecule has 0 bridgehead atoms. The van der Waals surface area contributed by atoms with E-state index < -0.39 is 11.7 Å². The molecule has 0 unspecified atom stereocenters. The van der Waals surface area contributed by atoms with Gasteiger partial charge in [0.15, 0.2) is 11.5 Å². The van der Waals surface area contributed by atoms with Crippen molar-refractivity contribution in [2.24, 2.45) is 0 Å². The van der Waals surface area contributed by atoms with Crippen molar-refractivity contribution in [3.8, 4) is 5.75 Å². The second-order valence-corrected chi connectivity index (χ2v) is 6.99. The van der Waals surface area contributed by atoms with E-state index in [-0.39, 0.29) is 33.7 Å². The van der Waals surface area contributed by atoms with Crippen molar-refractivity contribution in [2.75, 3.05) is 18.4 Å². The third-order valence-corrected chi connectivity index (χ3v) is 4.69. The molecule has 0 saturated carbocycles. The number of aromatic nitrogens is 4. The van der Waals surface area contributed by atoms with Gasteiger partial charge < -0.3 is 20.1 Å². The number of rotatable bonds is 2. The molecule has 0 aliphatic carbocycles. The van der Waals surface area contributed by atoms with Gasteiger partial charge in [0.25, 0.3) is 5.91 Å². The van der Waals surface area contributed by atoms with Gasteiger partial charge in [0, 0.05) is 30.9 Å². The SMILES string of the molecule is C1CCNC1.Cc1cn2cc(NC(=O)c3ccc(O)c4nccnc34)cc(F)c2n1. The number of benzene rings is 1. The second-order valence-electron chi connectivity index (χ2n) is 6.99. The van der Waals surface area contributed by atoms with Crippen LogP contribution in [0, 0.1) is 12.7 Å². The quantitative estimate of drug-likeness (QED) is 0.471. The van der Waals surface area contributed by atoms with Crippen molar-refractivity contribution < 1.29 is 14.3 Å². The number of nitrogens with one attached hydrogen (secondary N) is 2. The molecule has 1 aliphatic rings. The Bertz CT molecular complexity index is 1210. The summed E-state index contributed by atoms with van der Waals surface area (Å²) in [6.45, 7) is 4.26. The average Bonchev–Trinajstić information content (AvgIpc) is 3.41. The van der Waals surface area contributed by atoms with Gasteiger partial charge in [-0.15, -0.1) is 0 Å². The molecule has 0 spiro atoms. The molecule has 3 aromatic heterocycles. The van der Waals surface area contributed by atoms with Crippen LogP contribution in [0.3, 0.4) is 0 Å². The maximum Gasteiger partial charge on any atom is 0.257 e. The molecule has 0 atom stereocenters. The molecule has 3 N–H and O–H groups in total. The number of phenolic OH excluding ortho intramolecular Hbond substituents is 1. The van der Waals surface area contributed by atoms with Crippen LogP contribution in [0.15, 0.2) is 43.0 Å². The lowest BCUT2D eigenvalue weighted by Gasteiger charge is -2.09. The van der Waals surface area contributed by atoms with Crippen LogP contribution in [-0.4, -0.2) is 43.5 Å². The number of hydrogen-bond acceptors (Lipinski definition) is 6. The fraction of sp³-hybridized carbons (Fsp3) is 0.238. The number of fused-ring (bicyclic) bond motifs is 2. The number of halogens is 1. The Morgan fingerprint density at radius 1 is 1.17 bits per heavy atom. The molecule has 1 aliphatic heterocycles. The van der Waals surface area contributed by atoms with Crippen LogP contribution in [-0.2, 0) is 0 Å². The smallest absolute Gasteiger partial charge is 0.257 e. The molecule has 4 heterocycles. The number of aryl methyl sites for hydroxylation is 1. The molecule has 1 fully saturated rings. The second kappa shape index (κ2) is 8.42. The van der Waals surface area contributed by atoms with Gasteiger partial charge in [-0.05, 0) is 45.0 Å². The van der Waals surface area contributed by atoms with Gasteiger partial charge in [-0.3, -0.25) is 9.78 Å². The molecule has 1 saturated heterocycles. The van der Waals surface area contributed by atoms with E-state index >= 15 is 0 Å². The van der Waals surface area contributed by atoms with Crippen LogP contribution in [0.2, 0.25) is 0 Å². The molecule has 5 rings (SSSR count). The zero-order chi connectivity index (χ0) is 21.1. The summed E-state index contributed by atoms with van der Waals surface area (Å²) < 4.78 is 15.6. The molecule has 0 radical (unpaired) electrons. The Kier molecular flexibility index (Phi) is 5.53. The van der Waals surface area contributed by atoms with Gasteiger partial charge >= 0.3 is 0 Å². The minimum atomic E-state index is -0.541. The van der Waals surface area contributed by atoms with E-state index in [2.05, 4.69) is 25.6 Å². The fourth-order valence-electron chi connectivity index (χ4n) is 3.30. The summed E-state index contributed by atoms with van der Waals surface area (Å²) in [6, 6.07) is 4.01. The average molecular weight is 408 g/mol. The Morgan fingerprint density at radius 3 is 2.60 bits per heavy atom. The highest BCUT2D eigenvalue weighted by molar-refractivity contribution is 6.12. The Balaban J connectivity index is 0.000000383. The van der Waals surface area contributed by atoms with E-state index in [0.717, 1.165) is 0 Å². The van der Waals surface area contributed by atoms with E-state index in [9.17, 15) is 14.3 Å². The maximum atomic E-state index is 14.1. The summed E-state index contributed by atoms with van der Waals surface area (Å²) in [5, 5.41) is 15.7. The summed E-state index contributed by atoms with van der Waals surface area (Å²) in [4.78, 5) is 24.8. The lowest BCUT2D eigenvalue weighted by Crippen LogP contribution is -2.13. The number of anilines is 1. The highest BCUT2D eigenvalue weighted by Gasteiger charge is 2.16. The van der Waals surface area contributed by atoms with Crippen molar-refractivity contribution in [1.82, 2.24) is 24.7 Å². The lowest BCUT2D eigenvalue weighted by atomic mass is 10.1. The summed E-state index contributed by atoms with van der Waals surface area (Å²) in [5.74, 6) is -1.09. The van der Waals surface area contributed by atoms with E-state index in [1.54, 1.807) is 19.3 Å². The number of pyridine rings is 1. The molecule has 9 heteroatoms. The molecule has 4 aromatic rings. The first-order chi connectivity index (χ1) is 14.5. The first-order valence-corrected chi connectivity index (χ1v) is 9.62. The topological polar surface area (TPSA) is 104 Å². The summed E-state index contributed by atoms with van der Waals surface area (Å²) >= 11 is 0. The highest BCUT2D eigenvalue weighted by atomic mass is 19.1. The van der Waals surface area contributed by atoms with E-state index in [4.69, 9.17) is 0 Å². The third-order valence-electron chi connectivity index (χ3n) is 4.69. The van der Waals surface area contributed by atoms with Crippen LogP contribution >= 0.6 is 0 Å². The number of imidazole rings is 1. The van der Waals surface area contributed by atoms with Crippen molar-refractivity contribution >= 4 is 28.3 Å². The summed E-state index contributed by atoms with van der Waals surface area (Å²) in [6.07, 6.45) is 8.87. The van der Waals surface area contributed by atoms with Gasteiger partial charge in [0.05, 0.1) is 16.9 Å². The molecule has 1 amide bonds. The fourth-order valence-corrected chi connectivity index (χ4v) is 3.30. The van der Waals surface area contributed by atoms with Crippen molar-refractivity contribution in [1.29, 1.82) is 0 Å². The van der Waals surface area contributed by atoms with E-state index in [1.165, 1.54) is 60.9 Å². The van der Waals surface area contributed by atoms with Crippen LogP contribution in [0.5, 0.6) is 5.75 Å². The lowest BCUT2D eigenvalue weighted by molar-refractivity contribution is 0.102. The van der Waals surface area contributed by atoms with Crippen molar-refractivity contribution in [3.63, 3.8) is 0 Å². The zero-order valence-corrected chi connectivity index (χ0v) is 16.4. The van der Waals surface area contributed by atoms with Crippen molar-refractivity contribution in [3.05, 3.63) is 60.1 Å². The van der Waals surface area contributed by atoms with Gasteiger partial charge in [-0.1, -0.05) is 0 Å². The normalized spacial score (nSPS) is 13.3. The Hall–Kier alpha value is -3.59. The summed E-state index contributed by atoms with van der Waals surface area (Å²) in [5.41, 5.74) is 1.85. The van der Waals surface area contributed by atoms with Gasteiger partial charge in [0.1, 0.15) is 16.8 Å². The molecule has 8 nitrogen and oxygen atoms in total. The highest BCUT2D eigenvalue weighted by Crippen LogP contribution is 2.25. The molecule has 1 aromatic carbocycles. The number of nitrogens with zero attached hydrogens (tertiary/aromatic N) is 4.